The van der Waals surface area contributed by atoms with Crippen LogP contribution >= 0.6 is 0 Å². The van der Waals surface area contributed by atoms with Crippen LogP contribution in [0.2, 0.25) is 0 Å². The molecule has 1 rings (SSSR count). The Labute approximate surface area is 145 Å². The van der Waals surface area contributed by atoms with Crippen LogP contribution in [0.15, 0.2) is 36.5 Å². The summed E-state index contributed by atoms with van der Waals surface area (Å²) in [4.78, 5) is 22.4. The number of ketones is 1. The summed E-state index contributed by atoms with van der Waals surface area (Å²) in [5.41, 5.74) is 0. The molecule has 0 fully saturated rings. The first-order valence-electron chi connectivity index (χ1n) is 8.99. The van der Waals surface area contributed by atoms with Crippen molar-refractivity contribution in [2.24, 2.45) is 11.8 Å². The van der Waals surface area contributed by atoms with Crippen LogP contribution in [0, 0.1) is 11.8 Å². The van der Waals surface area contributed by atoms with Gasteiger partial charge in [-0.25, -0.2) is 0 Å². The molecule has 4 heteroatoms. The first-order chi connectivity index (χ1) is 11.5. The molecule has 3 atom stereocenters. The molecule has 4 nitrogen and oxygen atoms in total. The maximum Gasteiger partial charge on any atom is 0.303 e. The summed E-state index contributed by atoms with van der Waals surface area (Å²) < 4.78 is 0. The largest absolute Gasteiger partial charge is 0.481 e. The lowest BCUT2D eigenvalue weighted by molar-refractivity contribution is -0.137. The van der Waals surface area contributed by atoms with Gasteiger partial charge in [-0.05, 0) is 37.7 Å². The summed E-state index contributed by atoms with van der Waals surface area (Å²) in [6.45, 7) is 2.13. The summed E-state index contributed by atoms with van der Waals surface area (Å²) in [6.07, 6.45) is 17.0. The second-order valence-electron chi connectivity index (χ2n) is 6.39. The van der Waals surface area contributed by atoms with E-state index in [1.807, 2.05) is 24.3 Å². The van der Waals surface area contributed by atoms with Crippen molar-refractivity contribution in [3.63, 3.8) is 0 Å². The Kier molecular flexibility index (Phi) is 10.0. The molecule has 1 aliphatic rings. The monoisotopic (exact) mass is 334 g/mol. The van der Waals surface area contributed by atoms with Gasteiger partial charge >= 0.3 is 5.97 Å². The molecule has 0 aromatic rings. The van der Waals surface area contributed by atoms with Crippen molar-refractivity contribution >= 4 is 11.8 Å². The smallest absolute Gasteiger partial charge is 0.303 e. The Morgan fingerprint density at radius 1 is 1.29 bits per heavy atom. The molecule has 0 aliphatic heterocycles. The zero-order valence-corrected chi connectivity index (χ0v) is 14.6. The van der Waals surface area contributed by atoms with E-state index in [4.69, 9.17) is 5.11 Å². The highest BCUT2D eigenvalue weighted by Gasteiger charge is 2.26. The molecule has 0 heterocycles. The van der Waals surface area contributed by atoms with Gasteiger partial charge in [0.1, 0.15) is 0 Å². The van der Waals surface area contributed by atoms with Gasteiger partial charge in [0.2, 0.25) is 0 Å². The quantitative estimate of drug-likeness (QED) is 0.417. The Morgan fingerprint density at radius 3 is 2.79 bits per heavy atom. The Hall–Kier alpha value is -1.68. The zero-order valence-electron chi connectivity index (χ0n) is 14.6. The number of hydrogen-bond acceptors (Lipinski definition) is 3. The van der Waals surface area contributed by atoms with Crippen LogP contribution < -0.4 is 0 Å². The number of carboxylic acid groups (broad SMARTS) is 1. The van der Waals surface area contributed by atoms with E-state index in [2.05, 4.69) is 6.92 Å². The maximum atomic E-state index is 12.0. The number of aliphatic hydroxyl groups excluding tert-OH is 1. The highest BCUT2D eigenvalue weighted by atomic mass is 16.4. The van der Waals surface area contributed by atoms with Gasteiger partial charge in [-0.3, -0.25) is 9.59 Å². The van der Waals surface area contributed by atoms with Crippen molar-refractivity contribution in [3.05, 3.63) is 36.5 Å². The number of carboxylic acids is 1. The Bertz CT molecular complexity index is 476. The second kappa shape index (κ2) is 11.8. The van der Waals surface area contributed by atoms with Crippen molar-refractivity contribution in [2.45, 2.75) is 64.4 Å². The van der Waals surface area contributed by atoms with Crippen molar-refractivity contribution in [3.8, 4) is 0 Å². The van der Waals surface area contributed by atoms with Crippen molar-refractivity contribution in [1.82, 2.24) is 0 Å². The third-order valence-corrected chi connectivity index (χ3v) is 4.28. The molecule has 0 radical (unpaired) electrons. The van der Waals surface area contributed by atoms with Crippen LogP contribution in [0.1, 0.15) is 58.3 Å². The molecule has 2 unspecified atom stereocenters. The fourth-order valence-corrected chi connectivity index (χ4v) is 2.81. The molecule has 0 saturated carbocycles. The SMILES string of the molecule is CCCCCC(O)/C=C/[C@H]1C(=O)C=CC1C/C=C\CCCC(=O)O. The van der Waals surface area contributed by atoms with Crippen LogP contribution in [0.4, 0.5) is 0 Å². The number of hydrogen-bond donors (Lipinski definition) is 2. The number of aliphatic carboxylic acids is 1. The first kappa shape index (κ1) is 20.4. The number of rotatable bonds is 12. The van der Waals surface area contributed by atoms with E-state index in [0.29, 0.717) is 6.42 Å². The van der Waals surface area contributed by atoms with Gasteiger partial charge < -0.3 is 10.2 Å². The predicted molar refractivity (Wildman–Crippen MR) is 95.7 cm³/mol. The summed E-state index contributed by atoms with van der Waals surface area (Å²) in [5, 5.41) is 18.5. The molecule has 0 saturated heterocycles. The topological polar surface area (TPSA) is 74.6 Å². The third-order valence-electron chi connectivity index (χ3n) is 4.28. The molecule has 134 valence electrons. The van der Waals surface area contributed by atoms with Crippen LogP contribution in [0.3, 0.4) is 0 Å². The Balaban J connectivity index is 2.38. The standard InChI is InChI=1S/C20H30O4/c1-2-3-6-10-17(21)13-14-18-16(12-15-19(18)22)9-7-4-5-8-11-20(23)24/h4,7,12-18,21H,2-3,5-6,8-11H2,1H3,(H,23,24)/b7-4-,14-13+/t16?,17?,18-/m1/s1. The van der Waals surface area contributed by atoms with Gasteiger partial charge in [-0.2, -0.15) is 0 Å². The molecule has 24 heavy (non-hydrogen) atoms. The number of unbranched alkanes of at least 4 members (excludes halogenated alkanes) is 3. The number of allylic oxidation sites excluding steroid dienone is 5. The lowest BCUT2D eigenvalue weighted by Crippen LogP contribution is -2.14. The lowest BCUT2D eigenvalue weighted by atomic mass is 9.90. The minimum Gasteiger partial charge on any atom is -0.481 e. The van der Waals surface area contributed by atoms with Crippen LogP contribution in [-0.4, -0.2) is 28.1 Å². The van der Waals surface area contributed by atoms with E-state index in [-0.39, 0.29) is 24.0 Å². The fraction of sp³-hybridized carbons (Fsp3) is 0.600. The summed E-state index contributed by atoms with van der Waals surface area (Å²) >= 11 is 0. The van der Waals surface area contributed by atoms with Gasteiger partial charge in [0.05, 0.1) is 6.10 Å². The van der Waals surface area contributed by atoms with E-state index in [1.165, 1.54) is 0 Å². The molecule has 1 aliphatic carbocycles. The normalized spacial score (nSPS) is 22.0. The van der Waals surface area contributed by atoms with Gasteiger partial charge in [0, 0.05) is 12.3 Å². The van der Waals surface area contributed by atoms with E-state index < -0.39 is 12.1 Å². The van der Waals surface area contributed by atoms with E-state index in [1.54, 1.807) is 12.2 Å². The number of aliphatic hydroxyl groups is 1. The van der Waals surface area contributed by atoms with Gasteiger partial charge in [0.15, 0.2) is 5.78 Å². The molecular weight excluding hydrogens is 304 g/mol. The average Bonchev–Trinajstić information content (AvgIpc) is 2.89. The Morgan fingerprint density at radius 2 is 2.08 bits per heavy atom. The summed E-state index contributed by atoms with van der Waals surface area (Å²) in [7, 11) is 0. The lowest BCUT2D eigenvalue weighted by Gasteiger charge is -2.13. The van der Waals surface area contributed by atoms with Gasteiger partial charge in [-0.15, -0.1) is 0 Å². The van der Waals surface area contributed by atoms with E-state index in [9.17, 15) is 14.7 Å². The predicted octanol–water partition coefficient (Wildman–Crippen LogP) is 4.06. The molecule has 0 aromatic heterocycles. The van der Waals surface area contributed by atoms with Crippen LogP contribution in [0.25, 0.3) is 0 Å². The van der Waals surface area contributed by atoms with Crippen molar-refractivity contribution < 1.29 is 19.8 Å². The molecular formula is C20H30O4. The second-order valence-corrected chi connectivity index (χ2v) is 6.39. The number of carbonyl (C=O) groups is 2. The fourth-order valence-electron chi connectivity index (χ4n) is 2.81. The van der Waals surface area contributed by atoms with E-state index >= 15 is 0 Å². The third kappa shape index (κ3) is 8.25. The summed E-state index contributed by atoms with van der Waals surface area (Å²) in [6, 6.07) is 0. The minimum atomic E-state index is -0.768. The average molecular weight is 334 g/mol. The highest BCUT2D eigenvalue weighted by molar-refractivity contribution is 5.95. The molecule has 0 amide bonds. The molecule has 2 N–H and O–H groups in total. The first-order valence-corrected chi connectivity index (χ1v) is 8.99. The molecule has 0 bridgehead atoms. The minimum absolute atomic E-state index is 0.0938. The molecule has 0 spiro atoms. The zero-order chi connectivity index (χ0) is 17.8. The van der Waals surface area contributed by atoms with Crippen LogP contribution in [-0.2, 0) is 9.59 Å². The molecule has 0 aromatic carbocycles. The summed E-state index contributed by atoms with van der Waals surface area (Å²) in [5.74, 6) is -0.728. The van der Waals surface area contributed by atoms with E-state index in [0.717, 1.165) is 38.5 Å². The highest BCUT2D eigenvalue weighted by Crippen LogP contribution is 2.27. The van der Waals surface area contributed by atoms with Gasteiger partial charge in [0.25, 0.3) is 0 Å². The van der Waals surface area contributed by atoms with Gasteiger partial charge in [-0.1, -0.05) is 56.6 Å². The van der Waals surface area contributed by atoms with Crippen LogP contribution in [0.5, 0.6) is 0 Å². The van der Waals surface area contributed by atoms with Crippen molar-refractivity contribution in [1.29, 1.82) is 0 Å². The number of carbonyl (C=O) groups excluding carboxylic acids is 1. The van der Waals surface area contributed by atoms with Crippen molar-refractivity contribution in [2.75, 3.05) is 0 Å². The maximum absolute atomic E-state index is 12.0.